The molecule has 8 aromatic carbocycles. The van der Waals surface area contributed by atoms with Gasteiger partial charge in [0, 0.05) is 33.1 Å². The van der Waals surface area contributed by atoms with Crippen molar-refractivity contribution in [3.8, 4) is 22.3 Å². The van der Waals surface area contributed by atoms with Crippen molar-refractivity contribution in [3.05, 3.63) is 175 Å². The van der Waals surface area contributed by atoms with Crippen LogP contribution in [-0.4, -0.2) is 0 Å². The molecule has 0 spiro atoms. The number of fused-ring (bicyclic) bond motifs is 11. The Bertz CT molecular complexity index is 2740. The van der Waals surface area contributed by atoms with Crippen LogP contribution in [0, 0.1) is 0 Å². The van der Waals surface area contributed by atoms with Crippen molar-refractivity contribution in [1.82, 2.24) is 0 Å². The maximum Gasteiger partial charge on any atom is 0.145 e. The smallest absolute Gasteiger partial charge is 0.145 e. The topological polar surface area (TPSA) is 16.4 Å². The lowest BCUT2D eigenvalue weighted by atomic mass is 9.82. The van der Waals surface area contributed by atoms with Gasteiger partial charge in [-0.3, -0.25) is 0 Å². The van der Waals surface area contributed by atoms with E-state index in [0.717, 1.165) is 55.5 Å². The minimum absolute atomic E-state index is 0.117. The summed E-state index contributed by atoms with van der Waals surface area (Å²) < 4.78 is 7.14. The number of furan rings is 1. The van der Waals surface area contributed by atoms with Crippen molar-refractivity contribution in [3.63, 3.8) is 0 Å². The summed E-state index contributed by atoms with van der Waals surface area (Å²) in [5.41, 5.74) is 12.6. The van der Waals surface area contributed by atoms with Gasteiger partial charge in [-0.05, 0) is 80.4 Å². The highest BCUT2D eigenvalue weighted by molar-refractivity contribution is 6.33. The first kappa shape index (κ1) is 27.9. The standard InChI is InChI=1S/C47H33NO/c1-47(2)40-24-14-13-21-36(40)37-26-25-32(29-41(37)47)48(31-17-7-4-8-18-31)42-28-27-33(30-15-5-3-6-16-30)45-44(42)43-38-22-11-9-19-34(38)35-20-10-12-23-39(35)46(43)49-45/h3-29H,1-2H3. The van der Waals surface area contributed by atoms with E-state index in [4.69, 9.17) is 4.42 Å². The van der Waals surface area contributed by atoms with Gasteiger partial charge in [0.25, 0.3) is 0 Å². The molecule has 9 aromatic rings. The molecule has 232 valence electrons. The average molecular weight is 628 g/mol. The van der Waals surface area contributed by atoms with E-state index in [1.807, 2.05) is 0 Å². The minimum Gasteiger partial charge on any atom is -0.455 e. The molecule has 1 aliphatic rings. The first-order valence-corrected chi connectivity index (χ1v) is 17.0. The molecule has 1 aliphatic carbocycles. The van der Waals surface area contributed by atoms with Gasteiger partial charge in [-0.25, -0.2) is 0 Å². The first-order valence-electron chi connectivity index (χ1n) is 17.0. The molecule has 1 aromatic heterocycles. The van der Waals surface area contributed by atoms with Crippen LogP contribution in [0.4, 0.5) is 17.1 Å². The monoisotopic (exact) mass is 627 g/mol. The quantitative estimate of drug-likeness (QED) is 0.181. The molecule has 0 atom stereocenters. The maximum absolute atomic E-state index is 7.14. The van der Waals surface area contributed by atoms with Crippen LogP contribution in [0.3, 0.4) is 0 Å². The van der Waals surface area contributed by atoms with E-state index in [-0.39, 0.29) is 5.41 Å². The van der Waals surface area contributed by atoms with Crippen LogP contribution in [0.15, 0.2) is 168 Å². The second-order valence-electron chi connectivity index (χ2n) is 13.7. The second kappa shape index (κ2) is 10.4. The Kier molecular flexibility index (Phi) is 5.95. The van der Waals surface area contributed by atoms with E-state index in [1.54, 1.807) is 0 Å². The van der Waals surface area contributed by atoms with Gasteiger partial charge in [0.1, 0.15) is 11.2 Å². The maximum atomic E-state index is 7.14. The molecule has 0 unspecified atom stereocenters. The zero-order valence-corrected chi connectivity index (χ0v) is 27.4. The van der Waals surface area contributed by atoms with E-state index in [2.05, 4.69) is 183 Å². The fraction of sp³-hybridized carbons (Fsp3) is 0.0638. The SMILES string of the molecule is CC1(C)c2ccccc2-c2ccc(N(c3ccccc3)c3ccc(-c4ccccc4)c4oc5c6ccccc6c6ccccc6c5c34)cc21. The highest BCUT2D eigenvalue weighted by Crippen LogP contribution is 2.53. The van der Waals surface area contributed by atoms with Crippen LogP contribution in [0.1, 0.15) is 25.0 Å². The average Bonchev–Trinajstić information content (AvgIpc) is 3.67. The molecule has 0 N–H and O–H groups in total. The summed E-state index contributed by atoms with van der Waals surface area (Å²) in [6.07, 6.45) is 0. The number of rotatable bonds is 4. The van der Waals surface area contributed by atoms with Gasteiger partial charge in [0.15, 0.2) is 0 Å². The van der Waals surface area contributed by atoms with Crippen molar-refractivity contribution >= 4 is 60.5 Å². The summed E-state index contributed by atoms with van der Waals surface area (Å²) in [4.78, 5) is 2.43. The second-order valence-corrected chi connectivity index (χ2v) is 13.7. The van der Waals surface area contributed by atoms with Gasteiger partial charge in [0.2, 0.25) is 0 Å². The Morgan fingerprint density at radius 2 is 1.02 bits per heavy atom. The van der Waals surface area contributed by atoms with E-state index in [1.165, 1.54) is 38.4 Å². The van der Waals surface area contributed by atoms with Gasteiger partial charge < -0.3 is 9.32 Å². The number of para-hydroxylation sites is 1. The van der Waals surface area contributed by atoms with Crippen LogP contribution in [0.5, 0.6) is 0 Å². The molecule has 0 amide bonds. The van der Waals surface area contributed by atoms with Crippen LogP contribution >= 0.6 is 0 Å². The normalized spacial score (nSPS) is 13.3. The fourth-order valence-corrected chi connectivity index (χ4v) is 8.35. The van der Waals surface area contributed by atoms with Crippen molar-refractivity contribution in [2.75, 3.05) is 4.90 Å². The van der Waals surface area contributed by atoms with Crippen molar-refractivity contribution < 1.29 is 4.42 Å². The molecule has 0 radical (unpaired) electrons. The fourth-order valence-electron chi connectivity index (χ4n) is 8.35. The molecule has 0 fully saturated rings. The highest BCUT2D eigenvalue weighted by Gasteiger charge is 2.36. The summed E-state index contributed by atoms with van der Waals surface area (Å²) in [6.45, 7) is 4.70. The Morgan fingerprint density at radius 1 is 0.429 bits per heavy atom. The molecule has 2 heteroatoms. The lowest BCUT2D eigenvalue weighted by Crippen LogP contribution is -2.16. The van der Waals surface area contributed by atoms with Gasteiger partial charge in [-0.2, -0.15) is 0 Å². The molecule has 1 heterocycles. The molecular formula is C47H33NO. The third-order valence-corrected chi connectivity index (χ3v) is 10.6. The molecular weight excluding hydrogens is 595 g/mol. The van der Waals surface area contributed by atoms with Crippen LogP contribution in [0.25, 0.3) is 65.7 Å². The zero-order valence-electron chi connectivity index (χ0n) is 27.4. The summed E-state index contributed by atoms with van der Waals surface area (Å²) in [5.74, 6) is 0. The molecule has 0 saturated heterocycles. The van der Waals surface area contributed by atoms with E-state index in [0.29, 0.717) is 0 Å². The molecule has 10 rings (SSSR count). The predicted octanol–water partition coefficient (Wildman–Crippen LogP) is 13.3. The Labute approximate surface area is 285 Å². The molecule has 0 saturated carbocycles. The zero-order chi connectivity index (χ0) is 32.7. The lowest BCUT2D eigenvalue weighted by molar-refractivity contribution is 0.660. The van der Waals surface area contributed by atoms with Crippen LogP contribution in [0.2, 0.25) is 0 Å². The van der Waals surface area contributed by atoms with Crippen molar-refractivity contribution in [2.45, 2.75) is 19.3 Å². The third-order valence-electron chi connectivity index (χ3n) is 10.6. The highest BCUT2D eigenvalue weighted by atomic mass is 16.3. The largest absolute Gasteiger partial charge is 0.455 e. The van der Waals surface area contributed by atoms with Crippen LogP contribution < -0.4 is 4.90 Å². The van der Waals surface area contributed by atoms with Crippen molar-refractivity contribution in [1.29, 1.82) is 0 Å². The predicted molar refractivity (Wildman–Crippen MR) is 206 cm³/mol. The Morgan fingerprint density at radius 3 is 1.80 bits per heavy atom. The molecule has 2 nitrogen and oxygen atoms in total. The van der Waals surface area contributed by atoms with Gasteiger partial charge in [0.05, 0.1) is 11.1 Å². The van der Waals surface area contributed by atoms with Crippen molar-refractivity contribution in [2.24, 2.45) is 0 Å². The summed E-state index contributed by atoms with van der Waals surface area (Å²) in [6, 6.07) is 59.2. The molecule has 0 bridgehead atoms. The van der Waals surface area contributed by atoms with Gasteiger partial charge in [-0.15, -0.1) is 0 Å². The number of hydrogen-bond donors (Lipinski definition) is 0. The number of hydrogen-bond acceptors (Lipinski definition) is 2. The number of anilines is 3. The summed E-state index contributed by atoms with van der Waals surface area (Å²) in [5, 5.41) is 7.01. The third kappa shape index (κ3) is 4.01. The molecule has 0 aliphatic heterocycles. The van der Waals surface area contributed by atoms with Crippen LogP contribution in [-0.2, 0) is 5.41 Å². The van der Waals surface area contributed by atoms with E-state index < -0.39 is 0 Å². The number of benzene rings is 8. The minimum atomic E-state index is -0.117. The Hall–Kier alpha value is -6.12. The van der Waals surface area contributed by atoms with Gasteiger partial charge in [-0.1, -0.05) is 141 Å². The van der Waals surface area contributed by atoms with E-state index >= 15 is 0 Å². The first-order chi connectivity index (χ1) is 24.1. The molecule has 49 heavy (non-hydrogen) atoms. The lowest BCUT2D eigenvalue weighted by Gasteiger charge is -2.29. The van der Waals surface area contributed by atoms with Gasteiger partial charge >= 0.3 is 0 Å². The van der Waals surface area contributed by atoms with E-state index in [9.17, 15) is 0 Å². The summed E-state index contributed by atoms with van der Waals surface area (Å²) >= 11 is 0. The Balaban J connectivity index is 1.34. The number of nitrogens with zero attached hydrogens (tertiary/aromatic N) is 1. The summed E-state index contributed by atoms with van der Waals surface area (Å²) in [7, 11) is 0.